The van der Waals surface area contributed by atoms with Gasteiger partial charge in [-0.05, 0) is 43.7 Å². The van der Waals surface area contributed by atoms with E-state index in [0.29, 0.717) is 31.9 Å². The number of nitrogens with one attached hydrogen (secondary N) is 2. The molecule has 1 fully saturated rings. The van der Waals surface area contributed by atoms with Crippen molar-refractivity contribution in [3.8, 4) is 0 Å². The Bertz CT molecular complexity index is 737. The Kier molecular flexibility index (Phi) is 9.44. The molecule has 1 aromatic rings. The van der Waals surface area contributed by atoms with Crippen LogP contribution in [0.25, 0.3) is 0 Å². The Hall–Kier alpha value is -2.77. The molecule has 2 aliphatic rings. The molecule has 0 unspecified atom stereocenters. The van der Waals surface area contributed by atoms with Crippen LogP contribution >= 0.6 is 0 Å². The van der Waals surface area contributed by atoms with Crippen LogP contribution < -0.4 is 10.6 Å². The number of piperazine rings is 1. The van der Waals surface area contributed by atoms with Gasteiger partial charge >= 0.3 is 12.0 Å². The van der Waals surface area contributed by atoms with Gasteiger partial charge in [-0.2, -0.15) is 0 Å². The summed E-state index contributed by atoms with van der Waals surface area (Å²) >= 11 is 0. The van der Waals surface area contributed by atoms with Crippen molar-refractivity contribution in [3.05, 3.63) is 35.7 Å². The van der Waals surface area contributed by atoms with Crippen molar-refractivity contribution < 1.29 is 14.7 Å². The van der Waals surface area contributed by atoms with Crippen LogP contribution in [0.2, 0.25) is 0 Å². The summed E-state index contributed by atoms with van der Waals surface area (Å²) in [6.45, 7) is 10.8. The Labute approximate surface area is 179 Å². The van der Waals surface area contributed by atoms with E-state index in [-0.39, 0.29) is 12.6 Å². The zero-order chi connectivity index (χ0) is 21.9. The van der Waals surface area contributed by atoms with E-state index in [1.54, 1.807) is 9.80 Å². The number of amides is 2. The molecule has 0 aromatic carbocycles. The zero-order valence-electron chi connectivity index (χ0n) is 18.2. The number of aromatic nitrogens is 1. The number of anilines is 1. The molecule has 8 nitrogen and oxygen atoms in total. The van der Waals surface area contributed by atoms with Gasteiger partial charge in [-0.15, -0.1) is 0 Å². The minimum atomic E-state index is -0.886. The summed E-state index contributed by atoms with van der Waals surface area (Å²) in [7, 11) is 0. The lowest BCUT2D eigenvalue weighted by Crippen LogP contribution is -2.51. The molecule has 0 saturated carbocycles. The van der Waals surface area contributed by atoms with Crippen molar-refractivity contribution in [1.29, 1.82) is 0 Å². The van der Waals surface area contributed by atoms with E-state index in [0.717, 1.165) is 50.2 Å². The first-order valence-electron chi connectivity index (χ1n) is 10.9. The number of hydrogen-bond donors (Lipinski definition) is 3. The van der Waals surface area contributed by atoms with Gasteiger partial charge in [0.2, 0.25) is 0 Å². The van der Waals surface area contributed by atoms with Gasteiger partial charge in [-0.3, -0.25) is 4.79 Å². The van der Waals surface area contributed by atoms with Crippen LogP contribution in [0, 0.1) is 0 Å². The highest BCUT2D eigenvalue weighted by Gasteiger charge is 2.24. The van der Waals surface area contributed by atoms with Crippen LogP contribution in [-0.2, 0) is 17.6 Å². The first-order valence-corrected chi connectivity index (χ1v) is 10.9. The maximum atomic E-state index is 12.3. The predicted molar refractivity (Wildman–Crippen MR) is 119 cm³/mol. The summed E-state index contributed by atoms with van der Waals surface area (Å²) in [6, 6.07) is 4.15. The molecule has 0 aliphatic carbocycles. The van der Waals surface area contributed by atoms with Crippen LogP contribution in [0.3, 0.4) is 0 Å². The minimum Gasteiger partial charge on any atom is -0.480 e. The molecule has 166 valence electrons. The van der Waals surface area contributed by atoms with E-state index in [2.05, 4.69) is 29.3 Å². The van der Waals surface area contributed by atoms with Gasteiger partial charge in [0.15, 0.2) is 0 Å². The summed E-state index contributed by atoms with van der Waals surface area (Å²) in [4.78, 5) is 31.2. The quantitative estimate of drug-likeness (QED) is 0.590. The number of rotatable bonds is 7. The van der Waals surface area contributed by atoms with Crippen molar-refractivity contribution >= 4 is 17.8 Å². The molecule has 0 radical (unpaired) electrons. The van der Waals surface area contributed by atoms with Gasteiger partial charge < -0.3 is 25.5 Å². The lowest BCUT2D eigenvalue weighted by Gasteiger charge is -2.36. The van der Waals surface area contributed by atoms with Crippen LogP contribution in [0.4, 0.5) is 10.6 Å². The monoisotopic (exact) mass is 417 g/mol. The average molecular weight is 418 g/mol. The van der Waals surface area contributed by atoms with Gasteiger partial charge in [-0.1, -0.05) is 26.5 Å². The fraction of sp³-hybridized carbons (Fsp3) is 0.591. The second-order valence-electron chi connectivity index (χ2n) is 7.33. The summed E-state index contributed by atoms with van der Waals surface area (Å²) in [5.41, 5.74) is 3.05. The van der Waals surface area contributed by atoms with Gasteiger partial charge in [0.05, 0.1) is 6.54 Å². The van der Waals surface area contributed by atoms with E-state index in [9.17, 15) is 9.59 Å². The molecule has 3 heterocycles. The first-order chi connectivity index (χ1) is 14.5. The molecule has 30 heavy (non-hydrogen) atoms. The topological polar surface area (TPSA) is 97.8 Å². The number of pyridine rings is 1. The largest absolute Gasteiger partial charge is 0.480 e. The second-order valence-corrected chi connectivity index (χ2v) is 7.33. The molecule has 2 amide bonds. The Morgan fingerprint density at radius 1 is 1.27 bits per heavy atom. The average Bonchev–Trinajstić information content (AvgIpc) is 2.75. The molecule has 0 atom stereocenters. The van der Waals surface area contributed by atoms with Crippen molar-refractivity contribution in [2.75, 3.05) is 44.6 Å². The van der Waals surface area contributed by atoms with Crippen molar-refractivity contribution in [1.82, 2.24) is 20.1 Å². The third kappa shape index (κ3) is 6.93. The lowest BCUT2D eigenvalue weighted by molar-refractivity contribution is -0.138. The Morgan fingerprint density at radius 3 is 2.80 bits per heavy atom. The summed E-state index contributed by atoms with van der Waals surface area (Å²) in [6.07, 6.45) is 5.01. The third-order valence-electron chi connectivity index (χ3n) is 5.16. The Morgan fingerprint density at radius 2 is 2.07 bits per heavy atom. The molecule has 1 aromatic heterocycles. The number of fused-ring (bicyclic) bond motifs is 1. The molecule has 8 heteroatoms. The van der Waals surface area contributed by atoms with E-state index in [1.807, 2.05) is 13.8 Å². The Balaban J connectivity index is 0.00000155. The predicted octanol–water partition coefficient (Wildman–Crippen LogP) is 2.71. The molecule has 2 aliphatic heterocycles. The highest BCUT2D eigenvalue weighted by molar-refractivity contribution is 5.75. The molecule has 0 spiro atoms. The maximum absolute atomic E-state index is 12.3. The van der Waals surface area contributed by atoms with Crippen molar-refractivity contribution in [2.45, 2.75) is 46.0 Å². The normalized spacial score (nSPS) is 15.5. The van der Waals surface area contributed by atoms with Crippen LogP contribution in [0.1, 0.15) is 44.4 Å². The van der Waals surface area contributed by atoms with Crippen LogP contribution in [-0.4, -0.2) is 71.2 Å². The van der Waals surface area contributed by atoms with Crippen LogP contribution in [0.5, 0.6) is 0 Å². The van der Waals surface area contributed by atoms with Crippen LogP contribution in [0.15, 0.2) is 24.4 Å². The maximum Gasteiger partial charge on any atom is 0.323 e. The molecule has 3 rings (SSSR count). The SMILES string of the molecule is C=C1CN(C(=O)NCCCCc2ccc3c(n2)NCCC3)CCN1CC(=O)O.CC. The lowest BCUT2D eigenvalue weighted by atomic mass is 10.1. The molecular formula is C22H35N5O3. The minimum absolute atomic E-state index is 0.0689. The number of carboxylic acid groups (broad SMARTS) is 1. The highest BCUT2D eigenvalue weighted by atomic mass is 16.4. The van der Waals surface area contributed by atoms with Crippen molar-refractivity contribution in [2.24, 2.45) is 0 Å². The van der Waals surface area contributed by atoms with Gasteiger partial charge in [-0.25, -0.2) is 9.78 Å². The third-order valence-corrected chi connectivity index (χ3v) is 5.16. The first kappa shape index (κ1) is 23.5. The molecule has 1 saturated heterocycles. The van der Waals surface area contributed by atoms with Gasteiger partial charge in [0, 0.05) is 37.6 Å². The van der Waals surface area contributed by atoms with Crippen molar-refractivity contribution in [3.63, 3.8) is 0 Å². The number of unbranched alkanes of at least 4 members (excludes halogenated alkanes) is 1. The van der Waals surface area contributed by atoms with Gasteiger partial charge in [0.1, 0.15) is 12.4 Å². The number of aryl methyl sites for hydroxylation is 2. The number of urea groups is 1. The number of aliphatic carboxylic acids is 1. The molecule has 0 bridgehead atoms. The molecule has 3 N–H and O–H groups in total. The van der Waals surface area contributed by atoms with E-state index in [4.69, 9.17) is 10.1 Å². The smallest absolute Gasteiger partial charge is 0.323 e. The highest BCUT2D eigenvalue weighted by Crippen LogP contribution is 2.20. The van der Waals surface area contributed by atoms with Gasteiger partial charge in [0.25, 0.3) is 0 Å². The fourth-order valence-corrected chi connectivity index (χ4v) is 3.57. The number of nitrogens with zero attached hydrogens (tertiary/aromatic N) is 3. The van der Waals surface area contributed by atoms with E-state index < -0.39 is 5.97 Å². The number of carbonyl (C=O) groups excluding carboxylic acids is 1. The number of carbonyl (C=O) groups is 2. The summed E-state index contributed by atoms with van der Waals surface area (Å²) < 4.78 is 0. The second kappa shape index (κ2) is 12.0. The van der Waals surface area contributed by atoms with E-state index in [1.165, 1.54) is 5.56 Å². The number of hydrogen-bond acceptors (Lipinski definition) is 5. The standard InChI is InChI=1S/C20H29N5O3.C2H6/c1-15-13-25(12-11-24(15)14-18(26)27)20(28)22-9-3-2-6-17-8-7-16-5-4-10-21-19(16)23-17;1-2/h7-8H,1-6,9-14H2,(H,21,23)(H,22,28)(H,26,27);1-2H3. The van der Waals surface area contributed by atoms with E-state index >= 15 is 0 Å². The summed E-state index contributed by atoms with van der Waals surface area (Å²) in [5.74, 6) is 0.141. The molecular weight excluding hydrogens is 382 g/mol. The zero-order valence-corrected chi connectivity index (χ0v) is 18.2. The summed E-state index contributed by atoms with van der Waals surface area (Å²) in [5, 5.41) is 15.2. The fourth-order valence-electron chi connectivity index (χ4n) is 3.57. The number of carboxylic acids is 1.